The fourth-order valence-electron chi connectivity index (χ4n) is 6.43. The number of hydrogen-bond donors (Lipinski definition) is 0. The van der Waals surface area contributed by atoms with E-state index >= 15 is 9.13 Å². The Kier molecular flexibility index (Phi) is 8.76. The Morgan fingerprint density at radius 3 is 1.29 bits per heavy atom. The molecule has 49 heavy (non-hydrogen) atoms. The first-order valence-corrected chi connectivity index (χ1v) is 19.9. The third-order valence-electron chi connectivity index (χ3n) is 9.02. The monoisotopic (exact) mass is 676 g/mol. The van der Waals surface area contributed by atoms with E-state index < -0.39 is 14.3 Å². The molecule has 7 rings (SSSR count). The summed E-state index contributed by atoms with van der Waals surface area (Å²) >= 11 is 0. The maximum absolute atomic E-state index is 16.7. The maximum atomic E-state index is 16.7. The van der Waals surface area contributed by atoms with E-state index in [1.54, 1.807) is 0 Å². The molecule has 6 aromatic rings. The van der Waals surface area contributed by atoms with Crippen LogP contribution in [0.15, 0.2) is 175 Å². The van der Waals surface area contributed by atoms with Crippen molar-refractivity contribution in [2.24, 2.45) is 0 Å². The summed E-state index contributed by atoms with van der Waals surface area (Å²) in [5.74, 6) is 0.965. The first-order valence-electron chi connectivity index (χ1n) is 16.5. The van der Waals surface area contributed by atoms with Crippen molar-refractivity contribution in [3.05, 3.63) is 197 Å². The van der Waals surface area contributed by atoms with Crippen LogP contribution in [-0.2, 0) is 19.3 Å². The van der Waals surface area contributed by atoms with Crippen molar-refractivity contribution >= 4 is 53.1 Å². The number of rotatable bonds is 7. The van der Waals surface area contributed by atoms with Gasteiger partial charge in [-0.2, -0.15) is 0 Å². The second kappa shape index (κ2) is 13.2. The smallest absolute Gasteiger partial charge is 0.178 e. The van der Waals surface area contributed by atoms with Gasteiger partial charge in [-0.3, -0.25) is 0 Å². The van der Waals surface area contributed by atoms with E-state index in [4.69, 9.17) is 4.74 Å². The van der Waals surface area contributed by atoms with Crippen LogP contribution in [-0.4, -0.2) is 0 Å². The zero-order valence-corrected chi connectivity index (χ0v) is 29.7. The van der Waals surface area contributed by atoms with Crippen LogP contribution in [0.1, 0.15) is 43.0 Å². The molecule has 0 spiro atoms. The number of ether oxygens (including phenoxy) is 1. The zero-order valence-electron chi connectivity index (χ0n) is 27.9. The Bertz CT molecular complexity index is 2060. The van der Waals surface area contributed by atoms with Crippen molar-refractivity contribution in [3.63, 3.8) is 0 Å². The molecule has 5 heteroatoms. The van der Waals surface area contributed by atoms with Gasteiger partial charge in [-0.15, -0.1) is 0 Å². The Balaban J connectivity index is 1.63. The predicted octanol–water partition coefficient (Wildman–Crippen LogP) is 10.2. The Morgan fingerprint density at radius 1 is 0.490 bits per heavy atom. The van der Waals surface area contributed by atoms with Crippen molar-refractivity contribution < 1.29 is 13.9 Å². The molecule has 3 nitrogen and oxygen atoms in total. The molecular formula is C44H38O3P2. The van der Waals surface area contributed by atoms with E-state index in [-0.39, 0.29) is 5.41 Å². The quantitative estimate of drug-likeness (QED) is 0.158. The molecule has 0 saturated carbocycles. The highest BCUT2D eigenvalue weighted by atomic mass is 31.2. The highest BCUT2D eigenvalue weighted by Crippen LogP contribution is 2.72. The van der Waals surface area contributed by atoms with Gasteiger partial charge in [-0.05, 0) is 22.6 Å². The van der Waals surface area contributed by atoms with E-state index in [1.807, 2.05) is 152 Å². The second-order valence-electron chi connectivity index (χ2n) is 13.2. The first kappa shape index (κ1) is 32.6. The number of hydrogen-bond acceptors (Lipinski definition) is 3. The van der Waals surface area contributed by atoms with E-state index in [9.17, 15) is 0 Å². The molecule has 0 unspecified atom stereocenters. The maximum Gasteiger partial charge on any atom is 0.178 e. The van der Waals surface area contributed by atoms with Crippen molar-refractivity contribution in [3.8, 4) is 0 Å². The first-order chi connectivity index (χ1) is 23.7. The molecule has 242 valence electrons. The van der Waals surface area contributed by atoms with E-state index in [0.717, 1.165) is 16.7 Å². The molecule has 0 saturated heterocycles. The van der Waals surface area contributed by atoms with E-state index in [2.05, 4.69) is 45.0 Å². The van der Waals surface area contributed by atoms with E-state index in [1.165, 1.54) is 5.56 Å². The summed E-state index contributed by atoms with van der Waals surface area (Å²) in [5, 5.41) is 2.63. The largest absolute Gasteiger partial charge is 0.455 e. The number of benzene rings is 6. The molecule has 0 fully saturated rings. The van der Waals surface area contributed by atoms with Gasteiger partial charge in [-0.25, -0.2) is 0 Å². The third-order valence-corrected chi connectivity index (χ3v) is 16.4. The van der Waals surface area contributed by atoms with Crippen molar-refractivity contribution in [2.45, 2.75) is 26.2 Å². The molecule has 0 radical (unpaired) electrons. The molecule has 6 aromatic carbocycles. The van der Waals surface area contributed by atoms with Crippen LogP contribution in [0.25, 0.3) is 17.6 Å². The summed E-state index contributed by atoms with van der Waals surface area (Å²) < 4.78 is 40.4. The van der Waals surface area contributed by atoms with Gasteiger partial charge in [-0.1, -0.05) is 191 Å². The van der Waals surface area contributed by atoms with Gasteiger partial charge in [0.2, 0.25) is 0 Å². The van der Waals surface area contributed by atoms with Crippen LogP contribution in [0, 0.1) is 0 Å². The molecule has 0 atom stereocenters. The summed E-state index contributed by atoms with van der Waals surface area (Å²) in [6.07, 6.45) is 2.02. The highest BCUT2D eigenvalue weighted by molar-refractivity contribution is 8.00. The van der Waals surface area contributed by atoms with E-state index in [0.29, 0.717) is 37.8 Å². The Hall–Kier alpha value is -4.94. The van der Waals surface area contributed by atoms with Crippen LogP contribution in [0.2, 0.25) is 0 Å². The molecule has 0 aromatic heterocycles. The fraction of sp³-hybridized carbons (Fsp3) is 0.0909. The minimum atomic E-state index is -3.89. The normalized spacial score (nSPS) is 13.2. The number of fused-ring (bicyclic) bond motifs is 1. The zero-order chi connectivity index (χ0) is 34.1. The fourth-order valence-corrected chi connectivity index (χ4v) is 14.3. The molecular weight excluding hydrogens is 638 g/mol. The van der Waals surface area contributed by atoms with Gasteiger partial charge in [0.1, 0.15) is 10.8 Å². The highest BCUT2D eigenvalue weighted by Gasteiger charge is 2.49. The standard InChI is InChI=1S/C44H38O3P2/c1-44(2,3)35-30-28-33(29-31-35)41-32-34-18-16-17-27-40(34)42(47-41)43(48(45,36-19-8-4-9-20-36)37-21-10-5-11-22-37)49(46,38-23-12-6-13-24-38)39-25-14-7-15-26-39/h4-32H,1-3H3. The summed E-state index contributed by atoms with van der Waals surface area (Å²) in [7, 11) is -7.79. The lowest BCUT2D eigenvalue weighted by molar-refractivity contribution is 0.469. The van der Waals surface area contributed by atoms with Gasteiger partial charge >= 0.3 is 0 Å². The molecule has 0 bridgehead atoms. The Morgan fingerprint density at radius 2 is 0.878 bits per heavy atom. The van der Waals surface area contributed by atoms with Crippen LogP contribution in [0.5, 0.6) is 0 Å². The SMILES string of the molecule is CC(C)(C)c1ccc(C2=Cc3ccccc3C(=C(P(=O)(c3ccccc3)c3ccccc3)P(=O)(c3ccccc3)c3ccccc3)O2)cc1. The average Bonchev–Trinajstić information content (AvgIpc) is 3.15. The molecule has 1 aliphatic rings. The molecule has 1 heterocycles. The van der Waals surface area contributed by atoms with Gasteiger partial charge in [0.05, 0.1) is 0 Å². The average molecular weight is 677 g/mol. The minimum absolute atomic E-state index is 0.0127. The molecule has 0 aliphatic carbocycles. The van der Waals surface area contributed by atoms with Crippen molar-refractivity contribution in [1.82, 2.24) is 0 Å². The summed E-state index contributed by atoms with van der Waals surface area (Å²) in [6, 6.07) is 54.1. The third kappa shape index (κ3) is 5.99. The predicted molar refractivity (Wildman–Crippen MR) is 207 cm³/mol. The summed E-state index contributed by atoms with van der Waals surface area (Å²) in [6.45, 7) is 6.57. The molecule has 0 amide bonds. The minimum Gasteiger partial charge on any atom is -0.455 e. The van der Waals surface area contributed by atoms with Crippen molar-refractivity contribution in [1.29, 1.82) is 0 Å². The van der Waals surface area contributed by atoms with Crippen LogP contribution >= 0.6 is 14.3 Å². The lowest BCUT2D eigenvalue weighted by atomic mass is 9.86. The van der Waals surface area contributed by atoms with Crippen molar-refractivity contribution in [2.75, 3.05) is 0 Å². The van der Waals surface area contributed by atoms with Crippen LogP contribution in [0.3, 0.4) is 0 Å². The second-order valence-corrected chi connectivity index (χ2v) is 19.0. The van der Waals surface area contributed by atoms with Gasteiger partial charge < -0.3 is 13.9 Å². The van der Waals surface area contributed by atoms with Gasteiger partial charge in [0.25, 0.3) is 0 Å². The topological polar surface area (TPSA) is 43.4 Å². The van der Waals surface area contributed by atoms with Crippen LogP contribution in [0.4, 0.5) is 0 Å². The lowest BCUT2D eigenvalue weighted by Gasteiger charge is -2.33. The lowest BCUT2D eigenvalue weighted by Crippen LogP contribution is -2.25. The summed E-state index contributed by atoms with van der Waals surface area (Å²) in [4.78, 5) is 0. The van der Waals surface area contributed by atoms with Gasteiger partial charge in [0, 0.05) is 32.3 Å². The van der Waals surface area contributed by atoms with Crippen LogP contribution < -0.4 is 21.2 Å². The summed E-state index contributed by atoms with van der Waals surface area (Å²) in [5.41, 5.74) is 3.71. The molecule has 1 aliphatic heterocycles. The van der Waals surface area contributed by atoms with Gasteiger partial charge in [0.15, 0.2) is 20.0 Å². The molecule has 0 N–H and O–H groups in total. The Labute approximate surface area is 289 Å².